The molecule has 1 spiro atoms. The van der Waals surface area contributed by atoms with Gasteiger partial charge < -0.3 is 29.1 Å². The van der Waals surface area contributed by atoms with Crippen LogP contribution < -0.4 is 14.8 Å². The minimum Gasteiger partial charge on any atom is -0.497 e. The lowest BCUT2D eigenvalue weighted by Gasteiger charge is -2.37. The molecule has 2 aliphatic rings. The third-order valence-corrected chi connectivity index (χ3v) is 14.7. The number of rotatable bonds is 14. The van der Waals surface area contributed by atoms with Crippen molar-refractivity contribution in [2.75, 3.05) is 38.8 Å². The van der Waals surface area contributed by atoms with Crippen molar-refractivity contribution in [1.29, 1.82) is 0 Å². The molecule has 0 bridgehead atoms. The van der Waals surface area contributed by atoms with E-state index in [9.17, 15) is 19.5 Å². The summed E-state index contributed by atoms with van der Waals surface area (Å²) in [6.45, 7) is 7.56. The van der Waals surface area contributed by atoms with Crippen molar-refractivity contribution in [3.63, 3.8) is 0 Å². The molecule has 0 unspecified atom stereocenters. The molecule has 9 nitrogen and oxygen atoms in total. The van der Waals surface area contributed by atoms with E-state index in [2.05, 4.69) is 32.2 Å². The van der Waals surface area contributed by atoms with Gasteiger partial charge >= 0.3 is 5.97 Å². The van der Waals surface area contributed by atoms with Crippen LogP contribution in [0.3, 0.4) is 0 Å². The molecule has 0 aromatic heterocycles. The Morgan fingerprint density at radius 2 is 1.67 bits per heavy atom. The van der Waals surface area contributed by atoms with Crippen molar-refractivity contribution in [2.45, 2.75) is 69.5 Å². The van der Waals surface area contributed by atoms with Crippen LogP contribution in [-0.4, -0.2) is 75.9 Å². The predicted molar refractivity (Wildman–Crippen MR) is 188 cm³/mol. The van der Waals surface area contributed by atoms with E-state index in [1.54, 1.807) is 16.9 Å². The number of benzene rings is 3. The summed E-state index contributed by atoms with van der Waals surface area (Å²) in [6, 6.07) is 25.7. The summed E-state index contributed by atoms with van der Waals surface area (Å²) in [5, 5.41) is 11.1. The van der Waals surface area contributed by atoms with Gasteiger partial charge in [0.1, 0.15) is 5.75 Å². The number of aliphatic hydroxyl groups is 1. The molecule has 256 valence electrons. The number of aliphatic hydroxyl groups excluding tert-OH is 1. The molecule has 4 atom stereocenters. The summed E-state index contributed by atoms with van der Waals surface area (Å²) in [4.78, 5) is 44.1. The predicted octanol–water partition coefficient (Wildman–Crippen LogP) is 5.01. The average Bonchev–Trinajstić information content (AvgIpc) is 3.52. The minimum absolute atomic E-state index is 0.0880. The number of nitrogens with zero attached hydrogens (tertiary/aromatic N) is 2. The largest absolute Gasteiger partial charge is 0.497 e. The number of anilines is 1. The normalized spacial score (nSPS) is 21.8. The Balaban J connectivity index is 1.51. The van der Waals surface area contributed by atoms with Crippen LogP contribution in [0.25, 0.3) is 0 Å². The average molecular weight is 673 g/mol. The molecule has 2 heterocycles. The van der Waals surface area contributed by atoms with Crippen molar-refractivity contribution in [3.05, 3.63) is 90.0 Å². The van der Waals surface area contributed by atoms with Gasteiger partial charge in [-0.25, -0.2) is 0 Å². The third kappa shape index (κ3) is 6.79. The van der Waals surface area contributed by atoms with Gasteiger partial charge in [-0.3, -0.25) is 14.4 Å². The van der Waals surface area contributed by atoms with E-state index in [0.29, 0.717) is 32.4 Å². The lowest BCUT2D eigenvalue weighted by molar-refractivity contribution is -0.149. The molecule has 3 aromatic carbocycles. The highest BCUT2D eigenvalue weighted by atomic mass is 28.3. The molecule has 0 saturated carbocycles. The van der Waals surface area contributed by atoms with Crippen molar-refractivity contribution >= 4 is 36.7 Å². The van der Waals surface area contributed by atoms with Gasteiger partial charge in [0.15, 0.2) is 5.60 Å². The second kappa shape index (κ2) is 15.1. The molecule has 1 fully saturated rings. The zero-order chi connectivity index (χ0) is 34.5. The maximum Gasteiger partial charge on any atom is 0.305 e. The highest BCUT2D eigenvalue weighted by Gasteiger charge is 2.66. The molecule has 2 amide bonds. The first-order valence-corrected chi connectivity index (χ1v) is 19.9. The van der Waals surface area contributed by atoms with E-state index in [1.165, 1.54) is 12.3 Å². The third-order valence-electron chi connectivity index (χ3n) is 10.3. The topological polar surface area (TPSA) is 106 Å². The SMILES string of the molecule is COC(=O)CCCCN1C(=O)[C@@]2(O[C@@H](CC(=O)N(CCO)Cc3ccccc3)[C@H]([Si](C)(C)c3ccc(OC)cc3)[C@H]2C)c2ccccc21. The van der Waals surface area contributed by atoms with E-state index in [0.717, 1.165) is 22.6 Å². The van der Waals surface area contributed by atoms with E-state index in [-0.39, 0.29) is 48.8 Å². The Kier molecular flexibility index (Phi) is 11.1. The number of hydrogen-bond acceptors (Lipinski definition) is 7. The molecule has 5 rings (SSSR count). The fourth-order valence-electron chi connectivity index (χ4n) is 7.85. The van der Waals surface area contributed by atoms with Crippen LogP contribution in [0.1, 0.15) is 43.7 Å². The summed E-state index contributed by atoms with van der Waals surface area (Å²) in [5.41, 5.74) is 1.26. The van der Waals surface area contributed by atoms with E-state index < -0.39 is 19.8 Å². The van der Waals surface area contributed by atoms with Gasteiger partial charge in [0.25, 0.3) is 5.91 Å². The van der Waals surface area contributed by atoms with Gasteiger partial charge in [0, 0.05) is 37.5 Å². The van der Waals surface area contributed by atoms with Crippen molar-refractivity contribution in [3.8, 4) is 5.75 Å². The van der Waals surface area contributed by atoms with Crippen molar-refractivity contribution in [1.82, 2.24) is 4.90 Å². The molecule has 1 saturated heterocycles. The monoisotopic (exact) mass is 672 g/mol. The summed E-state index contributed by atoms with van der Waals surface area (Å²) < 4.78 is 17.4. The van der Waals surface area contributed by atoms with Gasteiger partial charge in [0.2, 0.25) is 5.91 Å². The number of hydrogen-bond donors (Lipinski definition) is 1. The van der Waals surface area contributed by atoms with Crippen LogP contribution in [0.15, 0.2) is 78.9 Å². The lowest BCUT2D eigenvalue weighted by Crippen LogP contribution is -2.52. The molecule has 10 heteroatoms. The highest BCUT2D eigenvalue weighted by Crippen LogP contribution is 2.60. The Labute approximate surface area is 284 Å². The number of fused-ring (bicyclic) bond motifs is 2. The number of carbonyl (C=O) groups is 3. The molecular weight excluding hydrogens is 625 g/mol. The Hall–Kier alpha value is -3.99. The van der Waals surface area contributed by atoms with E-state index in [4.69, 9.17) is 14.2 Å². The molecule has 1 N–H and O–H groups in total. The van der Waals surface area contributed by atoms with Gasteiger partial charge in [0.05, 0.1) is 47.1 Å². The zero-order valence-electron chi connectivity index (χ0n) is 28.7. The quantitative estimate of drug-likeness (QED) is 0.146. The second-order valence-electron chi connectivity index (χ2n) is 13.4. The maximum atomic E-state index is 14.8. The van der Waals surface area contributed by atoms with Crippen LogP contribution in [0.4, 0.5) is 5.69 Å². The highest BCUT2D eigenvalue weighted by molar-refractivity contribution is 6.91. The van der Waals surface area contributed by atoms with Crippen LogP contribution in [0.2, 0.25) is 18.6 Å². The smallest absolute Gasteiger partial charge is 0.305 e. The number of ether oxygens (including phenoxy) is 3. The molecule has 0 radical (unpaired) electrons. The van der Waals surface area contributed by atoms with Crippen LogP contribution >= 0.6 is 0 Å². The van der Waals surface area contributed by atoms with Gasteiger partial charge in [-0.2, -0.15) is 0 Å². The minimum atomic E-state index is -2.44. The number of amides is 2. The number of methoxy groups -OCH3 is 2. The molecule has 3 aromatic rings. The zero-order valence-corrected chi connectivity index (χ0v) is 29.7. The first-order valence-electron chi connectivity index (χ1n) is 16.8. The lowest BCUT2D eigenvalue weighted by atomic mass is 9.82. The van der Waals surface area contributed by atoms with E-state index in [1.807, 2.05) is 66.7 Å². The molecule has 0 aliphatic carbocycles. The van der Waals surface area contributed by atoms with Crippen molar-refractivity contribution in [2.24, 2.45) is 5.92 Å². The fraction of sp³-hybridized carbons (Fsp3) is 0.447. The summed E-state index contributed by atoms with van der Waals surface area (Å²) >= 11 is 0. The second-order valence-corrected chi connectivity index (χ2v) is 18.1. The molecule has 2 aliphatic heterocycles. The summed E-state index contributed by atoms with van der Waals surface area (Å²) in [7, 11) is 0.586. The first-order chi connectivity index (χ1) is 23.1. The number of unbranched alkanes of at least 4 members (excludes halogenated alkanes) is 1. The molecular formula is C38H48N2O7Si. The Bertz CT molecular complexity index is 1580. The van der Waals surface area contributed by atoms with Gasteiger partial charge in [-0.1, -0.05) is 85.9 Å². The maximum absolute atomic E-state index is 14.8. The summed E-state index contributed by atoms with van der Waals surface area (Å²) in [5.74, 6) is 0.0187. The van der Waals surface area contributed by atoms with Crippen LogP contribution in [0.5, 0.6) is 5.75 Å². The number of esters is 1. The standard InChI is InChI=1S/C38H48N2O7Si/c1-27-36(48(4,5)30-20-18-29(45-2)19-21-30)33(25-34(42)39(23-24-41)26-28-13-7-6-8-14-28)47-38(27)31-15-9-10-16-32(31)40(37(38)44)22-12-11-17-35(43)46-3/h6-10,13-16,18-21,27,33,36,41H,11-12,17,22-26H2,1-5H3/t27-,33+,36-,38+/m1/s1. The first kappa shape index (κ1) is 35.3. The summed E-state index contributed by atoms with van der Waals surface area (Å²) in [6.07, 6.45) is 1.07. The van der Waals surface area contributed by atoms with Crippen LogP contribution in [-0.2, 0) is 36.0 Å². The number of para-hydroxylation sites is 1. The van der Waals surface area contributed by atoms with Crippen LogP contribution in [0, 0.1) is 5.92 Å². The van der Waals surface area contributed by atoms with E-state index >= 15 is 0 Å². The molecule has 48 heavy (non-hydrogen) atoms. The van der Waals surface area contributed by atoms with Crippen molar-refractivity contribution < 1.29 is 33.7 Å². The Morgan fingerprint density at radius 3 is 2.33 bits per heavy atom. The Morgan fingerprint density at radius 1 is 0.979 bits per heavy atom. The fourth-order valence-corrected chi connectivity index (χ4v) is 11.9. The van der Waals surface area contributed by atoms with Gasteiger partial charge in [-0.05, 0) is 42.1 Å². The van der Waals surface area contributed by atoms with Gasteiger partial charge in [-0.15, -0.1) is 0 Å². The number of carbonyl (C=O) groups excluding carboxylic acids is 3.